The van der Waals surface area contributed by atoms with E-state index in [9.17, 15) is 0 Å². The van der Waals surface area contributed by atoms with Crippen LogP contribution in [0.1, 0.15) is 90.9 Å². The smallest absolute Gasteiger partial charge is 0.0599 e. The molecular formula is C18H36O2. The Hall–Kier alpha value is -0.0800. The number of ether oxygens (including phenoxy) is 2. The third-order valence-electron chi connectivity index (χ3n) is 4.28. The standard InChI is InChI=1S/C18H36O2/c1-3-5-7-9-14-19-17-12-11-13-18(16-17)20-15-10-8-6-4-2/h17-18H,3-16H2,1-2H3. The molecule has 1 fully saturated rings. The van der Waals surface area contributed by atoms with Gasteiger partial charge in [0.25, 0.3) is 0 Å². The highest BCUT2D eigenvalue weighted by Crippen LogP contribution is 2.24. The van der Waals surface area contributed by atoms with E-state index in [1.807, 2.05) is 0 Å². The minimum atomic E-state index is 0.464. The molecule has 0 spiro atoms. The summed E-state index contributed by atoms with van der Waals surface area (Å²) in [6.45, 7) is 6.41. The zero-order valence-corrected chi connectivity index (χ0v) is 13.9. The number of unbranched alkanes of at least 4 members (excludes halogenated alkanes) is 6. The summed E-state index contributed by atoms with van der Waals surface area (Å²) in [4.78, 5) is 0. The second-order valence-corrected chi connectivity index (χ2v) is 6.27. The van der Waals surface area contributed by atoms with Crippen molar-refractivity contribution in [1.82, 2.24) is 0 Å². The van der Waals surface area contributed by atoms with Gasteiger partial charge in [0.05, 0.1) is 12.2 Å². The summed E-state index contributed by atoms with van der Waals surface area (Å²) in [6, 6.07) is 0. The van der Waals surface area contributed by atoms with Crippen molar-refractivity contribution in [2.75, 3.05) is 13.2 Å². The molecule has 2 nitrogen and oxygen atoms in total. The van der Waals surface area contributed by atoms with Crippen LogP contribution in [0.2, 0.25) is 0 Å². The normalized spacial score (nSPS) is 23.1. The Bertz CT molecular complexity index is 186. The van der Waals surface area contributed by atoms with E-state index in [4.69, 9.17) is 9.47 Å². The molecule has 0 aromatic heterocycles. The van der Waals surface area contributed by atoms with Crippen LogP contribution in [-0.2, 0) is 9.47 Å². The van der Waals surface area contributed by atoms with Crippen molar-refractivity contribution in [3.05, 3.63) is 0 Å². The van der Waals surface area contributed by atoms with Crippen LogP contribution < -0.4 is 0 Å². The van der Waals surface area contributed by atoms with E-state index < -0.39 is 0 Å². The van der Waals surface area contributed by atoms with E-state index in [1.54, 1.807) is 0 Å². The van der Waals surface area contributed by atoms with E-state index in [0.717, 1.165) is 19.6 Å². The first-order valence-electron chi connectivity index (χ1n) is 9.10. The summed E-state index contributed by atoms with van der Waals surface area (Å²) < 4.78 is 12.0. The minimum Gasteiger partial charge on any atom is -0.378 e. The first-order valence-corrected chi connectivity index (χ1v) is 9.10. The molecule has 0 aromatic carbocycles. The fourth-order valence-corrected chi connectivity index (χ4v) is 2.96. The molecule has 2 unspecified atom stereocenters. The minimum absolute atomic E-state index is 0.464. The lowest BCUT2D eigenvalue weighted by Gasteiger charge is -2.29. The molecule has 0 N–H and O–H groups in total. The zero-order valence-electron chi connectivity index (χ0n) is 13.9. The molecule has 1 rings (SSSR count). The van der Waals surface area contributed by atoms with Gasteiger partial charge in [-0.05, 0) is 38.5 Å². The molecule has 0 bridgehead atoms. The summed E-state index contributed by atoms with van der Waals surface area (Å²) in [5.74, 6) is 0. The van der Waals surface area contributed by atoms with E-state index in [-0.39, 0.29) is 0 Å². The number of rotatable bonds is 12. The molecule has 0 aromatic rings. The summed E-state index contributed by atoms with van der Waals surface area (Å²) in [5, 5.41) is 0. The van der Waals surface area contributed by atoms with Gasteiger partial charge in [-0.1, -0.05) is 52.4 Å². The van der Waals surface area contributed by atoms with Crippen molar-refractivity contribution in [3.8, 4) is 0 Å². The topological polar surface area (TPSA) is 18.5 Å². The van der Waals surface area contributed by atoms with Gasteiger partial charge in [0, 0.05) is 13.2 Å². The molecule has 0 amide bonds. The van der Waals surface area contributed by atoms with Crippen LogP contribution in [0.3, 0.4) is 0 Å². The van der Waals surface area contributed by atoms with Crippen LogP contribution in [0.4, 0.5) is 0 Å². The predicted molar refractivity (Wildman–Crippen MR) is 86.2 cm³/mol. The van der Waals surface area contributed by atoms with E-state index in [0.29, 0.717) is 12.2 Å². The van der Waals surface area contributed by atoms with Gasteiger partial charge in [0.2, 0.25) is 0 Å². The lowest BCUT2D eigenvalue weighted by atomic mass is 9.95. The maximum absolute atomic E-state index is 6.02. The van der Waals surface area contributed by atoms with Crippen LogP contribution in [0.25, 0.3) is 0 Å². The highest BCUT2D eigenvalue weighted by atomic mass is 16.5. The summed E-state index contributed by atoms with van der Waals surface area (Å²) in [6.07, 6.45) is 16.2. The highest BCUT2D eigenvalue weighted by molar-refractivity contribution is 4.74. The van der Waals surface area contributed by atoms with E-state index in [2.05, 4.69) is 13.8 Å². The zero-order chi connectivity index (χ0) is 14.5. The van der Waals surface area contributed by atoms with Gasteiger partial charge in [-0.2, -0.15) is 0 Å². The van der Waals surface area contributed by atoms with Gasteiger partial charge in [-0.3, -0.25) is 0 Å². The van der Waals surface area contributed by atoms with E-state index >= 15 is 0 Å². The molecule has 2 atom stereocenters. The third kappa shape index (κ3) is 8.97. The fourth-order valence-electron chi connectivity index (χ4n) is 2.96. The molecule has 1 aliphatic rings. The average molecular weight is 284 g/mol. The number of hydrogen-bond donors (Lipinski definition) is 0. The lowest BCUT2D eigenvalue weighted by molar-refractivity contribution is -0.0460. The largest absolute Gasteiger partial charge is 0.378 e. The Morgan fingerprint density at radius 2 is 1.20 bits per heavy atom. The molecule has 0 saturated heterocycles. The first kappa shape index (κ1) is 18.0. The monoisotopic (exact) mass is 284 g/mol. The van der Waals surface area contributed by atoms with Crippen molar-refractivity contribution < 1.29 is 9.47 Å². The Kier molecular flexibility index (Phi) is 11.4. The second kappa shape index (κ2) is 12.6. The summed E-state index contributed by atoms with van der Waals surface area (Å²) in [5.41, 5.74) is 0. The van der Waals surface area contributed by atoms with Crippen molar-refractivity contribution in [2.24, 2.45) is 0 Å². The predicted octanol–water partition coefficient (Wildman–Crippen LogP) is 5.49. The van der Waals surface area contributed by atoms with Crippen LogP contribution in [0.5, 0.6) is 0 Å². The molecule has 2 heteroatoms. The number of hydrogen-bond acceptors (Lipinski definition) is 2. The third-order valence-corrected chi connectivity index (χ3v) is 4.28. The van der Waals surface area contributed by atoms with Crippen LogP contribution >= 0.6 is 0 Å². The van der Waals surface area contributed by atoms with Crippen molar-refractivity contribution in [1.29, 1.82) is 0 Å². The Morgan fingerprint density at radius 3 is 1.65 bits per heavy atom. The van der Waals surface area contributed by atoms with Crippen LogP contribution in [0.15, 0.2) is 0 Å². The Labute approximate surface area is 126 Å². The molecule has 20 heavy (non-hydrogen) atoms. The maximum atomic E-state index is 6.02. The quantitative estimate of drug-likeness (QED) is 0.441. The van der Waals surface area contributed by atoms with Gasteiger partial charge in [0.15, 0.2) is 0 Å². The molecule has 0 heterocycles. The molecule has 120 valence electrons. The van der Waals surface area contributed by atoms with E-state index in [1.165, 1.54) is 70.6 Å². The summed E-state index contributed by atoms with van der Waals surface area (Å²) >= 11 is 0. The van der Waals surface area contributed by atoms with Gasteiger partial charge in [-0.25, -0.2) is 0 Å². The first-order chi connectivity index (χ1) is 9.86. The maximum Gasteiger partial charge on any atom is 0.0599 e. The molecule has 1 saturated carbocycles. The van der Waals surface area contributed by atoms with Crippen molar-refractivity contribution in [2.45, 2.75) is 103 Å². The van der Waals surface area contributed by atoms with Crippen molar-refractivity contribution >= 4 is 0 Å². The lowest BCUT2D eigenvalue weighted by Crippen LogP contribution is -2.28. The van der Waals surface area contributed by atoms with Crippen LogP contribution in [0, 0.1) is 0 Å². The van der Waals surface area contributed by atoms with Crippen LogP contribution in [-0.4, -0.2) is 25.4 Å². The Balaban J connectivity index is 2.00. The van der Waals surface area contributed by atoms with Gasteiger partial charge in [-0.15, -0.1) is 0 Å². The van der Waals surface area contributed by atoms with Crippen molar-refractivity contribution in [3.63, 3.8) is 0 Å². The molecule has 0 aliphatic heterocycles. The molecule has 1 aliphatic carbocycles. The van der Waals surface area contributed by atoms with Gasteiger partial charge in [0.1, 0.15) is 0 Å². The second-order valence-electron chi connectivity index (χ2n) is 6.27. The molecule has 0 radical (unpaired) electrons. The van der Waals surface area contributed by atoms with Gasteiger partial charge >= 0.3 is 0 Å². The average Bonchev–Trinajstić information content (AvgIpc) is 2.47. The Morgan fingerprint density at radius 1 is 0.700 bits per heavy atom. The molecular weight excluding hydrogens is 248 g/mol. The highest BCUT2D eigenvalue weighted by Gasteiger charge is 2.22. The SMILES string of the molecule is CCCCCCOC1CCCC(OCCCCCC)C1. The fraction of sp³-hybridized carbons (Fsp3) is 1.00. The van der Waals surface area contributed by atoms with Gasteiger partial charge < -0.3 is 9.47 Å². The summed E-state index contributed by atoms with van der Waals surface area (Å²) in [7, 11) is 0.